The first-order chi connectivity index (χ1) is 16.7. The highest BCUT2D eigenvalue weighted by molar-refractivity contribution is 5.92. The van der Waals surface area contributed by atoms with Crippen LogP contribution in [0.2, 0.25) is 0 Å². The minimum absolute atomic E-state index is 0.303. The molecule has 0 atom stereocenters. The number of benzene rings is 3. The van der Waals surface area contributed by atoms with Crippen LogP contribution in [0.4, 0.5) is 0 Å². The molecule has 0 aliphatic carbocycles. The molecular formula is C29H24N2O3. The molecule has 1 N–H and O–H groups in total. The first-order valence-corrected chi connectivity index (χ1v) is 11.1. The van der Waals surface area contributed by atoms with Crippen LogP contribution in [0.1, 0.15) is 27.3 Å². The van der Waals surface area contributed by atoms with Gasteiger partial charge in [-0.2, -0.15) is 0 Å². The van der Waals surface area contributed by atoms with E-state index in [4.69, 9.17) is 9.47 Å². The molecule has 0 radical (unpaired) electrons. The Bertz CT molecular complexity index is 1430. The van der Waals surface area contributed by atoms with Crippen LogP contribution < -0.4 is 4.74 Å². The third-order valence-electron chi connectivity index (χ3n) is 5.75. The van der Waals surface area contributed by atoms with Crippen molar-refractivity contribution in [2.24, 2.45) is 0 Å². The average Bonchev–Trinajstić information content (AvgIpc) is 3.25. The number of nitrogens with zero attached hydrogens (tertiary/aromatic N) is 1. The number of carbonyl (C=O) groups is 1. The van der Waals surface area contributed by atoms with Crippen molar-refractivity contribution in [3.63, 3.8) is 0 Å². The molecule has 0 bridgehead atoms. The molecule has 5 nitrogen and oxygen atoms in total. The topological polar surface area (TPSA) is 64.2 Å². The lowest BCUT2D eigenvalue weighted by Crippen LogP contribution is -2.06. The van der Waals surface area contributed by atoms with Gasteiger partial charge in [0.2, 0.25) is 0 Å². The summed E-state index contributed by atoms with van der Waals surface area (Å²) in [6.45, 7) is 0.510. The van der Waals surface area contributed by atoms with Crippen molar-refractivity contribution in [2.45, 2.75) is 13.0 Å². The summed E-state index contributed by atoms with van der Waals surface area (Å²) in [6, 6.07) is 31.9. The second-order valence-electron chi connectivity index (χ2n) is 8.01. The zero-order valence-electron chi connectivity index (χ0n) is 18.8. The fourth-order valence-corrected chi connectivity index (χ4v) is 4.08. The van der Waals surface area contributed by atoms with Gasteiger partial charge in [-0.25, -0.2) is 9.78 Å². The Morgan fingerprint density at radius 3 is 2.41 bits per heavy atom. The van der Waals surface area contributed by atoms with E-state index in [1.807, 2.05) is 72.8 Å². The number of hydrogen-bond acceptors (Lipinski definition) is 4. The Kier molecular flexibility index (Phi) is 6.08. The maximum atomic E-state index is 12.0. The maximum Gasteiger partial charge on any atom is 0.356 e. The lowest BCUT2D eigenvalue weighted by molar-refractivity contribution is 0.0593. The number of nitrogens with one attached hydrogen (secondary N) is 1. The van der Waals surface area contributed by atoms with Crippen LogP contribution >= 0.6 is 0 Å². The molecule has 5 aromatic rings. The van der Waals surface area contributed by atoms with E-state index in [1.54, 1.807) is 6.07 Å². The first-order valence-electron chi connectivity index (χ1n) is 11.1. The number of pyridine rings is 1. The third-order valence-corrected chi connectivity index (χ3v) is 5.75. The van der Waals surface area contributed by atoms with E-state index >= 15 is 0 Å². The van der Waals surface area contributed by atoms with E-state index in [0.29, 0.717) is 18.7 Å². The number of rotatable bonds is 7. The number of H-pyrrole nitrogens is 1. The maximum absolute atomic E-state index is 12.0. The highest BCUT2D eigenvalue weighted by atomic mass is 16.5. The standard InChI is InChI=1S/C29H24N2O3/c1-33-29(32)26-14-8-13-22(30-26)17-25-24-16-15-23(34-19-20-9-4-2-5-10-20)18-27(24)31-28(25)21-11-6-3-7-12-21/h2-16,18,31H,17,19H2,1H3. The molecule has 0 saturated heterocycles. The van der Waals surface area contributed by atoms with E-state index in [1.165, 1.54) is 7.11 Å². The van der Waals surface area contributed by atoms with Crippen LogP contribution in [0.25, 0.3) is 22.2 Å². The van der Waals surface area contributed by atoms with Gasteiger partial charge in [0.15, 0.2) is 0 Å². The van der Waals surface area contributed by atoms with Gasteiger partial charge in [0.1, 0.15) is 18.1 Å². The molecule has 0 aliphatic rings. The zero-order valence-corrected chi connectivity index (χ0v) is 18.8. The van der Waals surface area contributed by atoms with Crippen LogP contribution in [0.5, 0.6) is 5.75 Å². The van der Waals surface area contributed by atoms with Crippen LogP contribution in [0, 0.1) is 0 Å². The van der Waals surface area contributed by atoms with Crippen molar-refractivity contribution in [3.8, 4) is 17.0 Å². The van der Waals surface area contributed by atoms with Gasteiger partial charge >= 0.3 is 5.97 Å². The van der Waals surface area contributed by atoms with Crippen LogP contribution in [-0.2, 0) is 17.8 Å². The summed E-state index contributed by atoms with van der Waals surface area (Å²) in [5, 5.41) is 1.09. The number of esters is 1. The normalized spacial score (nSPS) is 10.9. The summed E-state index contributed by atoms with van der Waals surface area (Å²) < 4.78 is 10.9. The molecule has 0 fully saturated rings. The molecule has 5 heteroatoms. The van der Waals surface area contributed by atoms with Crippen molar-refractivity contribution < 1.29 is 14.3 Å². The Hall–Kier alpha value is -4.38. The molecule has 0 saturated carbocycles. The highest BCUT2D eigenvalue weighted by Gasteiger charge is 2.16. The molecule has 0 amide bonds. The molecule has 2 aromatic heterocycles. The average molecular weight is 449 g/mol. The Balaban J connectivity index is 1.52. The predicted molar refractivity (Wildman–Crippen MR) is 133 cm³/mol. The SMILES string of the molecule is COC(=O)c1cccc(Cc2c(-c3ccccc3)[nH]c3cc(OCc4ccccc4)ccc23)n1. The summed E-state index contributed by atoms with van der Waals surface area (Å²) in [6.07, 6.45) is 0.569. The fourth-order valence-electron chi connectivity index (χ4n) is 4.08. The lowest BCUT2D eigenvalue weighted by atomic mass is 10.0. The van der Waals surface area contributed by atoms with Gasteiger partial charge in [0, 0.05) is 29.1 Å². The number of hydrogen-bond donors (Lipinski definition) is 1. The molecule has 3 aromatic carbocycles. The van der Waals surface area contributed by atoms with E-state index in [9.17, 15) is 4.79 Å². The summed E-state index contributed by atoms with van der Waals surface area (Å²) in [5.41, 5.74) is 6.44. The quantitative estimate of drug-likeness (QED) is 0.302. The summed E-state index contributed by atoms with van der Waals surface area (Å²) in [7, 11) is 1.36. The Morgan fingerprint density at radius 2 is 1.65 bits per heavy atom. The number of methoxy groups -OCH3 is 1. The van der Waals surface area contributed by atoms with Crippen LogP contribution in [-0.4, -0.2) is 23.0 Å². The molecular weight excluding hydrogens is 424 g/mol. The molecule has 5 rings (SSSR count). The number of carbonyl (C=O) groups excluding carboxylic acids is 1. The van der Waals surface area contributed by atoms with Crippen molar-refractivity contribution in [1.29, 1.82) is 0 Å². The smallest absolute Gasteiger partial charge is 0.356 e. The van der Waals surface area contributed by atoms with Gasteiger partial charge in [-0.15, -0.1) is 0 Å². The lowest BCUT2D eigenvalue weighted by Gasteiger charge is -2.08. The number of aromatic amines is 1. The number of aromatic nitrogens is 2. The Labute approximate surface area is 198 Å². The summed E-state index contributed by atoms with van der Waals surface area (Å²) in [4.78, 5) is 20.1. The van der Waals surface area contributed by atoms with Crippen molar-refractivity contribution in [1.82, 2.24) is 9.97 Å². The fraction of sp³-hybridized carbons (Fsp3) is 0.103. The second-order valence-corrected chi connectivity index (χ2v) is 8.01. The second kappa shape index (κ2) is 9.63. The van der Waals surface area contributed by atoms with Gasteiger partial charge in [-0.05, 0) is 41.0 Å². The molecule has 0 unspecified atom stereocenters. The minimum atomic E-state index is -0.440. The van der Waals surface area contributed by atoms with Gasteiger partial charge < -0.3 is 14.5 Å². The highest BCUT2D eigenvalue weighted by Crippen LogP contribution is 2.34. The van der Waals surface area contributed by atoms with Gasteiger partial charge in [-0.3, -0.25) is 0 Å². The molecule has 2 heterocycles. The van der Waals surface area contributed by atoms with E-state index < -0.39 is 5.97 Å². The minimum Gasteiger partial charge on any atom is -0.489 e. The molecule has 34 heavy (non-hydrogen) atoms. The van der Waals surface area contributed by atoms with E-state index in [2.05, 4.69) is 28.2 Å². The van der Waals surface area contributed by atoms with Gasteiger partial charge in [0.25, 0.3) is 0 Å². The largest absolute Gasteiger partial charge is 0.489 e. The molecule has 0 spiro atoms. The summed E-state index contributed by atoms with van der Waals surface area (Å²) in [5.74, 6) is 0.360. The summed E-state index contributed by atoms with van der Waals surface area (Å²) >= 11 is 0. The number of fused-ring (bicyclic) bond motifs is 1. The Morgan fingerprint density at radius 1 is 0.882 bits per heavy atom. The zero-order chi connectivity index (χ0) is 23.3. The van der Waals surface area contributed by atoms with Crippen molar-refractivity contribution in [2.75, 3.05) is 7.11 Å². The van der Waals surface area contributed by atoms with Gasteiger partial charge in [-0.1, -0.05) is 66.7 Å². The predicted octanol–water partition coefficient (Wildman–Crippen LogP) is 6.19. The van der Waals surface area contributed by atoms with E-state index in [-0.39, 0.29) is 0 Å². The monoisotopic (exact) mass is 448 g/mol. The van der Waals surface area contributed by atoms with Crippen molar-refractivity contribution in [3.05, 3.63) is 120 Å². The van der Waals surface area contributed by atoms with E-state index in [0.717, 1.165) is 44.7 Å². The first kappa shape index (κ1) is 21.5. The van der Waals surface area contributed by atoms with Crippen molar-refractivity contribution >= 4 is 16.9 Å². The van der Waals surface area contributed by atoms with Crippen LogP contribution in [0.15, 0.2) is 97.1 Å². The molecule has 168 valence electrons. The van der Waals surface area contributed by atoms with Crippen LogP contribution in [0.3, 0.4) is 0 Å². The molecule has 0 aliphatic heterocycles. The van der Waals surface area contributed by atoms with Gasteiger partial charge in [0.05, 0.1) is 12.8 Å². The number of ether oxygens (including phenoxy) is 2. The third kappa shape index (κ3) is 4.55.